The fraction of sp³-hybridized carbons (Fsp3) is 0.333. The van der Waals surface area contributed by atoms with Crippen LogP contribution in [0.25, 0.3) is 0 Å². The first kappa shape index (κ1) is 26.1. The fourth-order valence-electron chi connectivity index (χ4n) is 3.42. The van der Waals surface area contributed by atoms with Crippen molar-refractivity contribution < 1.29 is 9.59 Å². The van der Waals surface area contributed by atoms with E-state index in [1.165, 1.54) is 11.8 Å². The van der Waals surface area contributed by atoms with E-state index in [0.717, 1.165) is 5.56 Å². The molecule has 7 nitrogen and oxygen atoms in total. The van der Waals surface area contributed by atoms with E-state index in [-0.39, 0.29) is 23.6 Å². The number of halogens is 2. The highest BCUT2D eigenvalue weighted by Crippen LogP contribution is 2.26. The summed E-state index contributed by atoms with van der Waals surface area (Å²) in [5, 5.41) is 16.1. The number of carbonyl (C=O) groups excluding carboxylic acids is 2. The molecule has 0 aliphatic rings. The van der Waals surface area contributed by atoms with Crippen molar-refractivity contribution in [1.29, 1.82) is 0 Å². The van der Waals surface area contributed by atoms with E-state index in [4.69, 9.17) is 23.2 Å². The van der Waals surface area contributed by atoms with Crippen LogP contribution >= 0.6 is 35.0 Å². The van der Waals surface area contributed by atoms with Crippen molar-refractivity contribution in [2.75, 3.05) is 11.1 Å². The summed E-state index contributed by atoms with van der Waals surface area (Å²) >= 11 is 13.4. The normalized spacial score (nSPS) is 12.0. The van der Waals surface area contributed by atoms with Gasteiger partial charge in [-0.3, -0.25) is 9.59 Å². The summed E-state index contributed by atoms with van der Waals surface area (Å²) in [7, 11) is 1.83. The van der Waals surface area contributed by atoms with E-state index >= 15 is 0 Å². The van der Waals surface area contributed by atoms with Gasteiger partial charge in [-0.1, -0.05) is 60.9 Å². The molecule has 1 heterocycles. The quantitative estimate of drug-likeness (QED) is 0.355. The molecule has 2 aromatic carbocycles. The Labute approximate surface area is 213 Å². The van der Waals surface area contributed by atoms with Crippen LogP contribution in [0.4, 0.5) is 5.69 Å². The summed E-state index contributed by atoms with van der Waals surface area (Å²) in [5.74, 6) is 0.648. The molecule has 1 atom stereocenters. The second-order valence-corrected chi connectivity index (χ2v) is 10.1. The average Bonchev–Trinajstić information content (AvgIpc) is 3.14. The van der Waals surface area contributed by atoms with Gasteiger partial charge in [0.25, 0.3) is 5.91 Å². The number of nitrogens with one attached hydrogen (secondary N) is 2. The molecule has 10 heteroatoms. The molecule has 2 N–H and O–H groups in total. The van der Waals surface area contributed by atoms with Gasteiger partial charge in [-0.15, -0.1) is 10.2 Å². The van der Waals surface area contributed by atoms with Gasteiger partial charge in [0, 0.05) is 17.8 Å². The molecule has 0 aliphatic carbocycles. The topological polar surface area (TPSA) is 88.9 Å². The van der Waals surface area contributed by atoms with Gasteiger partial charge < -0.3 is 15.2 Å². The van der Waals surface area contributed by atoms with E-state index in [1.807, 2.05) is 18.5 Å². The lowest BCUT2D eigenvalue weighted by Gasteiger charge is -2.20. The summed E-state index contributed by atoms with van der Waals surface area (Å²) in [6.07, 6.45) is 0.670. The summed E-state index contributed by atoms with van der Waals surface area (Å²) in [4.78, 5) is 25.3. The molecule has 0 radical (unpaired) electrons. The van der Waals surface area contributed by atoms with Crippen molar-refractivity contribution in [2.45, 2.75) is 38.4 Å². The average molecular weight is 520 g/mol. The minimum atomic E-state index is -0.360. The number of carbonyl (C=O) groups is 2. The zero-order valence-electron chi connectivity index (χ0n) is 19.4. The molecule has 34 heavy (non-hydrogen) atoms. The molecular weight excluding hydrogens is 493 g/mol. The van der Waals surface area contributed by atoms with Gasteiger partial charge in [0.15, 0.2) is 11.0 Å². The summed E-state index contributed by atoms with van der Waals surface area (Å²) in [6.45, 7) is 6.03. The Morgan fingerprint density at radius 2 is 1.85 bits per heavy atom. The predicted octanol–water partition coefficient (Wildman–Crippen LogP) is 5.68. The van der Waals surface area contributed by atoms with Gasteiger partial charge in [-0.05, 0) is 55.2 Å². The first-order valence-corrected chi connectivity index (χ1v) is 12.5. The molecular formula is C24H27Cl2N5O2S. The lowest BCUT2D eigenvalue weighted by atomic mass is 10.0. The van der Waals surface area contributed by atoms with Crippen molar-refractivity contribution in [3.63, 3.8) is 0 Å². The zero-order valence-corrected chi connectivity index (χ0v) is 21.8. The zero-order chi connectivity index (χ0) is 24.8. The number of aryl methyl sites for hydroxylation is 1. The fourth-order valence-corrected chi connectivity index (χ4v) is 4.59. The van der Waals surface area contributed by atoms with Gasteiger partial charge >= 0.3 is 0 Å². The number of nitrogens with zero attached hydrogens (tertiary/aromatic N) is 3. The van der Waals surface area contributed by atoms with E-state index in [2.05, 4.69) is 34.7 Å². The standard InChI is InChI=1S/C24H27Cl2N5O2S/c1-14(2)11-20(28-23(33)17-7-5-6-8-18(17)26)22-29-30-24(31(22)4)34-13-21(32)27-19-10-9-16(25)12-15(19)3/h5-10,12,14,20H,11,13H2,1-4H3,(H,27,32)(H,28,33)/t20-/m1/s1. The summed E-state index contributed by atoms with van der Waals surface area (Å²) in [6, 6.07) is 11.9. The highest BCUT2D eigenvalue weighted by molar-refractivity contribution is 7.99. The van der Waals surface area contributed by atoms with Crippen LogP contribution < -0.4 is 10.6 Å². The Morgan fingerprint density at radius 1 is 1.12 bits per heavy atom. The van der Waals surface area contributed by atoms with Gasteiger partial charge in [-0.25, -0.2) is 0 Å². The molecule has 0 aliphatic heterocycles. The first-order valence-electron chi connectivity index (χ1n) is 10.8. The minimum Gasteiger partial charge on any atom is -0.342 e. The van der Waals surface area contributed by atoms with Crippen molar-refractivity contribution in [3.05, 3.63) is 69.5 Å². The monoisotopic (exact) mass is 519 g/mol. The molecule has 1 aromatic heterocycles. The molecule has 3 aromatic rings. The van der Waals surface area contributed by atoms with E-state index in [9.17, 15) is 9.59 Å². The Balaban J connectivity index is 1.69. The van der Waals surface area contributed by atoms with Gasteiger partial charge in [0.2, 0.25) is 5.91 Å². The molecule has 0 unspecified atom stereocenters. The number of benzene rings is 2. The van der Waals surface area contributed by atoms with Crippen LogP contribution in [0.2, 0.25) is 10.0 Å². The number of aromatic nitrogens is 3. The molecule has 0 saturated carbocycles. The molecule has 0 bridgehead atoms. The number of anilines is 1. The Bertz CT molecular complexity index is 1180. The van der Waals surface area contributed by atoms with Crippen molar-refractivity contribution >= 4 is 52.5 Å². The second-order valence-electron chi connectivity index (χ2n) is 8.33. The van der Waals surface area contributed by atoms with Crippen LogP contribution in [0.5, 0.6) is 0 Å². The van der Waals surface area contributed by atoms with Crippen molar-refractivity contribution in [2.24, 2.45) is 13.0 Å². The largest absolute Gasteiger partial charge is 0.342 e. The highest BCUT2D eigenvalue weighted by Gasteiger charge is 2.24. The number of amides is 2. The Hall–Kier alpha value is -2.55. The van der Waals surface area contributed by atoms with Crippen LogP contribution in [0.3, 0.4) is 0 Å². The first-order chi connectivity index (χ1) is 16.2. The lowest BCUT2D eigenvalue weighted by molar-refractivity contribution is -0.113. The van der Waals surface area contributed by atoms with E-state index < -0.39 is 0 Å². The van der Waals surface area contributed by atoms with Crippen LogP contribution in [0.1, 0.15) is 48.1 Å². The molecule has 180 valence electrons. The van der Waals surface area contributed by atoms with Crippen LogP contribution in [0.15, 0.2) is 47.6 Å². The lowest BCUT2D eigenvalue weighted by Crippen LogP contribution is -2.31. The molecule has 2 amide bonds. The molecule has 0 fully saturated rings. The maximum absolute atomic E-state index is 12.9. The number of hydrogen-bond donors (Lipinski definition) is 2. The predicted molar refractivity (Wildman–Crippen MR) is 138 cm³/mol. The maximum atomic E-state index is 12.9. The molecule has 0 saturated heterocycles. The third-order valence-corrected chi connectivity index (χ3v) is 6.69. The maximum Gasteiger partial charge on any atom is 0.253 e. The Kier molecular flexibility index (Phi) is 8.99. The Morgan fingerprint density at radius 3 is 2.53 bits per heavy atom. The summed E-state index contributed by atoms with van der Waals surface area (Å²) < 4.78 is 1.81. The van der Waals surface area contributed by atoms with Crippen LogP contribution in [-0.4, -0.2) is 32.3 Å². The van der Waals surface area contributed by atoms with E-state index in [0.29, 0.717) is 44.6 Å². The van der Waals surface area contributed by atoms with Crippen LogP contribution in [-0.2, 0) is 11.8 Å². The third kappa shape index (κ3) is 6.74. The van der Waals surface area contributed by atoms with E-state index in [1.54, 1.807) is 42.5 Å². The van der Waals surface area contributed by atoms with Gasteiger partial charge in [0.1, 0.15) is 0 Å². The summed E-state index contributed by atoms with van der Waals surface area (Å²) in [5.41, 5.74) is 2.01. The van der Waals surface area contributed by atoms with Gasteiger partial charge in [-0.2, -0.15) is 0 Å². The molecule has 0 spiro atoms. The number of rotatable bonds is 9. The minimum absolute atomic E-state index is 0.161. The third-order valence-electron chi connectivity index (χ3n) is 5.11. The van der Waals surface area contributed by atoms with Crippen molar-refractivity contribution in [3.8, 4) is 0 Å². The second kappa shape index (κ2) is 11.7. The SMILES string of the molecule is Cc1cc(Cl)ccc1NC(=O)CSc1nnc([C@@H](CC(C)C)NC(=O)c2ccccc2Cl)n1C. The smallest absolute Gasteiger partial charge is 0.253 e. The molecule has 3 rings (SSSR count). The van der Waals surface area contributed by atoms with Crippen molar-refractivity contribution in [1.82, 2.24) is 20.1 Å². The number of hydrogen-bond acceptors (Lipinski definition) is 5. The number of thioether (sulfide) groups is 1. The highest BCUT2D eigenvalue weighted by atomic mass is 35.5. The van der Waals surface area contributed by atoms with Crippen LogP contribution in [0, 0.1) is 12.8 Å². The van der Waals surface area contributed by atoms with Gasteiger partial charge in [0.05, 0.1) is 22.4 Å².